The van der Waals surface area contributed by atoms with Crippen molar-refractivity contribution in [1.29, 1.82) is 0 Å². The highest BCUT2D eigenvalue weighted by atomic mass is 15.2. The van der Waals surface area contributed by atoms with Crippen LogP contribution in [-0.4, -0.2) is 6.71 Å². The first kappa shape index (κ1) is 47.4. The van der Waals surface area contributed by atoms with Crippen LogP contribution in [-0.2, 0) is 16.2 Å². The lowest BCUT2D eigenvalue weighted by molar-refractivity contribution is 0.403. The maximum atomic E-state index is 2.66. The van der Waals surface area contributed by atoms with Crippen LogP contribution >= 0.6 is 0 Å². The van der Waals surface area contributed by atoms with E-state index in [1.54, 1.807) is 0 Å². The molecule has 0 bridgehead atoms. The summed E-state index contributed by atoms with van der Waals surface area (Å²) in [6, 6.07) is 86.6. The first-order chi connectivity index (χ1) is 36.7. The Morgan fingerprint density at radius 3 is 1.43 bits per heavy atom. The number of aryl methyl sites for hydroxylation is 1. The second kappa shape index (κ2) is 17.9. The van der Waals surface area contributed by atoms with Gasteiger partial charge in [-0.25, -0.2) is 0 Å². The number of nitrogens with zero attached hydrogens (tertiary/aromatic N) is 3. The molecular formula is C72H64BN3. The molecule has 0 radical (unpaired) electrons. The van der Waals surface area contributed by atoms with Crippen molar-refractivity contribution < 1.29 is 0 Å². The summed E-state index contributed by atoms with van der Waals surface area (Å²) in [4.78, 5) is 7.74. The summed E-state index contributed by atoms with van der Waals surface area (Å²) in [5, 5.41) is 0. The lowest BCUT2D eigenvalue weighted by Gasteiger charge is -2.46. The summed E-state index contributed by atoms with van der Waals surface area (Å²) in [6.45, 7) is 19.0. The third-order valence-corrected chi connectivity index (χ3v) is 16.7. The van der Waals surface area contributed by atoms with E-state index in [0.717, 1.165) is 29.2 Å². The van der Waals surface area contributed by atoms with Crippen LogP contribution in [0.25, 0.3) is 33.4 Å². The van der Waals surface area contributed by atoms with E-state index in [1.807, 2.05) is 0 Å². The van der Waals surface area contributed by atoms with E-state index >= 15 is 0 Å². The van der Waals surface area contributed by atoms with Gasteiger partial charge in [-0.3, -0.25) is 0 Å². The standard InChI is InChI=1S/C72H64BN3/c1-48-34-35-53(50-26-16-10-17-27-50)41-65(48)76-66-46-60-59(71(5,6)47-72(60,7)8)45-62(66)73-61-40-52(49-24-14-9-15-25-49)36-38-64(61)75(63-39-37-54(70(2,3)4)42-58(63)51-28-18-11-19-29-51)67-43-57(44-68(76)69(67)73)74(55-30-20-12-21-31-55)56-32-22-13-23-33-56/h9-46H,47H2,1-8H3. The van der Waals surface area contributed by atoms with Gasteiger partial charge in [0.1, 0.15) is 0 Å². The zero-order chi connectivity index (χ0) is 52.1. The third kappa shape index (κ3) is 7.88. The molecule has 4 heteroatoms. The average molecular weight is 982 g/mol. The topological polar surface area (TPSA) is 9.72 Å². The molecule has 3 aliphatic rings. The maximum Gasteiger partial charge on any atom is 0.252 e. The Bertz CT molecular complexity index is 3800. The molecule has 13 rings (SSSR count). The molecule has 0 spiro atoms. The highest BCUT2D eigenvalue weighted by molar-refractivity contribution is 7.00. The van der Waals surface area contributed by atoms with Gasteiger partial charge >= 0.3 is 0 Å². The van der Waals surface area contributed by atoms with Crippen LogP contribution in [0.5, 0.6) is 0 Å². The van der Waals surface area contributed by atoms with E-state index in [2.05, 4.69) is 301 Å². The summed E-state index contributed by atoms with van der Waals surface area (Å²) in [5.41, 5.74) is 26.8. The number of para-hydroxylation sites is 2. The second-order valence-corrected chi connectivity index (χ2v) is 23.8. The Morgan fingerprint density at radius 2 is 0.868 bits per heavy atom. The third-order valence-electron chi connectivity index (χ3n) is 16.7. The summed E-state index contributed by atoms with van der Waals surface area (Å²) in [5.74, 6) is 0. The van der Waals surface area contributed by atoms with Gasteiger partial charge in [-0.15, -0.1) is 0 Å². The lowest BCUT2D eigenvalue weighted by atomic mass is 9.33. The number of fused-ring (bicyclic) bond motifs is 5. The predicted molar refractivity (Wildman–Crippen MR) is 326 cm³/mol. The fraction of sp³-hybridized carbons (Fsp3) is 0.167. The SMILES string of the molecule is Cc1ccc(-c2ccccc2)cc1N1c2cc3c(cc2B2c4cc(-c5ccccc5)ccc4N(c4ccc(C(C)(C)C)cc4-c4ccccc4)c4cc(N(c5ccccc5)c5ccccc5)cc1c42)C(C)(C)CC3(C)C. The van der Waals surface area contributed by atoms with Gasteiger partial charge in [0.15, 0.2) is 0 Å². The largest absolute Gasteiger partial charge is 0.311 e. The lowest BCUT2D eigenvalue weighted by Crippen LogP contribution is -2.61. The number of hydrogen-bond acceptors (Lipinski definition) is 3. The minimum atomic E-state index is -0.0986. The normalized spacial score (nSPS) is 14.7. The zero-order valence-corrected chi connectivity index (χ0v) is 45.1. The van der Waals surface area contributed by atoms with E-state index in [-0.39, 0.29) is 23.0 Å². The molecule has 0 saturated heterocycles. The monoisotopic (exact) mass is 982 g/mol. The Balaban J connectivity index is 1.21. The first-order valence-electron chi connectivity index (χ1n) is 27.2. The number of rotatable bonds is 8. The highest BCUT2D eigenvalue weighted by Gasteiger charge is 2.49. The van der Waals surface area contributed by atoms with Gasteiger partial charge in [-0.2, -0.15) is 0 Å². The first-order valence-corrected chi connectivity index (χ1v) is 27.2. The molecule has 0 fully saturated rings. The van der Waals surface area contributed by atoms with Crippen LogP contribution in [0.4, 0.5) is 51.2 Å². The summed E-state index contributed by atoms with van der Waals surface area (Å²) < 4.78 is 0. The molecule has 2 heterocycles. The number of anilines is 9. The minimum Gasteiger partial charge on any atom is -0.311 e. The molecule has 0 amide bonds. The fourth-order valence-corrected chi connectivity index (χ4v) is 13.2. The van der Waals surface area contributed by atoms with Gasteiger partial charge in [0.05, 0.1) is 11.4 Å². The molecule has 0 atom stereocenters. The molecule has 0 saturated carbocycles. The van der Waals surface area contributed by atoms with Gasteiger partial charge in [0.2, 0.25) is 0 Å². The Kier molecular flexibility index (Phi) is 11.2. The van der Waals surface area contributed by atoms with Crippen molar-refractivity contribution in [2.45, 2.75) is 78.1 Å². The van der Waals surface area contributed by atoms with Gasteiger partial charge < -0.3 is 14.7 Å². The van der Waals surface area contributed by atoms with Crippen molar-refractivity contribution in [2.75, 3.05) is 14.7 Å². The van der Waals surface area contributed by atoms with E-state index in [0.29, 0.717) is 0 Å². The molecule has 370 valence electrons. The Labute approximate surface area is 450 Å². The van der Waals surface area contributed by atoms with Gasteiger partial charge in [0, 0.05) is 45.4 Å². The second-order valence-electron chi connectivity index (χ2n) is 23.8. The van der Waals surface area contributed by atoms with Crippen molar-refractivity contribution in [2.24, 2.45) is 0 Å². The zero-order valence-electron chi connectivity index (χ0n) is 45.1. The molecule has 10 aromatic rings. The van der Waals surface area contributed by atoms with Crippen LogP contribution in [0.15, 0.2) is 231 Å². The van der Waals surface area contributed by atoms with E-state index in [4.69, 9.17) is 0 Å². The number of benzene rings is 10. The molecule has 76 heavy (non-hydrogen) atoms. The van der Waals surface area contributed by atoms with E-state index in [1.165, 1.54) is 100 Å². The average Bonchev–Trinajstić information content (AvgIpc) is 3.79. The Morgan fingerprint density at radius 1 is 0.395 bits per heavy atom. The highest BCUT2D eigenvalue weighted by Crippen LogP contribution is 2.55. The van der Waals surface area contributed by atoms with Crippen molar-refractivity contribution in [3.05, 3.63) is 253 Å². The van der Waals surface area contributed by atoms with Crippen molar-refractivity contribution in [3.8, 4) is 33.4 Å². The van der Waals surface area contributed by atoms with E-state index < -0.39 is 0 Å². The molecule has 2 aliphatic heterocycles. The van der Waals surface area contributed by atoms with Gasteiger partial charge in [-0.05, 0) is 163 Å². The molecule has 0 N–H and O–H groups in total. The summed E-state index contributed by atoms with van der Waals surface area (Å²) in [6.07, 6.45) is 1.08. The van der Waals surface area contributed by atoms with Crippen LogP contribution in [0.1, 0.15) is 77.1 Å². The van der Waals surface area contributed by atoms with Crippen LogP contribution in [0, 0.1) is 6.92 Å². The molecule has 1 aliphatic carbocycles. The fourth-order valence-electron chi connectivity index (χ4n) is 13.2. The van der Waals surface area contributed by atoms with Crippen LogP contribution < -0.4 is 31.1 Å². The van der Waals surface area contributed by atoms with Crippen LogP contribution in [0.2, 0.25) is 0 Å². The summed E-state index contributed by atoms with van der Waals surface area (Å²) in [7, 11) is 0. The molecule has 10 aromatic carbocycles. The smallest absolute Gasteiger partial charge is 0.252 e. The molecular weight excluding hydrogens is 918 g/mol. The van der Waals surface area contributed by atoms with Crippen molar-refractivity contribution in [1.82, 2.24) is 0 Å². The van der Waals surface area contributed by atoms with E-state index in [9.17, 15) is 0 Å². The summed E-state index contributed by atoms with van der Waals surface area (Å²) >= 11 is 0. The molecule has 0 aromatic heterocycles. The quantitative estimate of drug-likeness (QED) is 0.141. The molecule has 3 nitrogen and oxygen atoms in total. The number of hydrogen-bond donors (Lipinski definition) is 0. The van der Waals surface area contributed by atoms with Gasteiger partial charge in [-0.1, -0.05) is 212 Å². The predicted octanol–water partition coefficient (Wildman–Crippen LogP) is 17.8. The molecule has 0 unspecified atom stereocenters. The maximum absolute atomic E-state index is 2.66. The minimum absolute atomic E-state index is 0.0184. The van der Waals surface area contributed by atoms with Crippen LogP contribution in [0.3, 0.4) is 0 Å². The van der Waals surface area contributed by atoms with Gasteiger partial charge in [0.25, 0.3) is 6.71 Å². The van der Waals surface area contributed by atoms with Crippen molar-refractivity contribution in [3.63, 3.8) is 0 Å². The Hall–Kier alpha value is -8.34. The van der Waals surface area contributed by atoms with Crippen molar-refractivity contribution >= 4 is 74.3 Å².